The zero-order chi connectivity index (χ0) is 22.2. The average molecular weight is 510 g/mol. The number of halogens is 8. The first-order chi connectivity index (χ1) is 12.5. The normalized spacial score (nSPS) is 11.9. The van der Waals surface area contributed by atoms with Crippen molar-refractivity contribution in [3.63, 3.8) is 0 Å². The molecule has 0 radical (unpaired) electrons. The van der Waals surface area contributed by atoms with Crippen LogP contribution in [0.5, 0.6) is 0 Å². The second kappa shape index (κ2) is 9.27. The van der Waals surface area contributed by atoms with Crippen LogP contribution in [-0.4, -0.2) is 16.1 Å². The quantitative estimate of drug-likeness (QED) is 0.221. The molecule has 0 amide bonds. The van der Waals surface area contributed by atoms with E-state index in [1.165, 1.54) is 0 Å². The molecule has 0 aliphatic heterocycles. The van der Waals surface area contributed by atoms with Gasteiger partial charge in [-0.3, -0.25) is 0 Å². The van der Waals surface area contributed by atoms with Gasteiger partial charge in [0.2, 0.25) is 0 Å². The van der Waals surface area contributed by atoms with E-state index in [4.69, 9.17) is 46.4 Å². The van der Waals surface area contributed by atoms with E-state index in [2.05, 4.69) is 0 Å². The van der Waals surface area contributed by atoms with E-state index in [0.29, 0.717) is 0 Å². The van der Waals surface area contributed by atoms with Crippen LogP contribution in [0.4, 0.5) is 17.6 Å². The summed E-state index contributed by atoms with van der Waals surface area (Å²) in [4.78, 5) is 0. The van der Waals surface area contributed by atoms with Gasteiger partial charge in [0, 0.05) is 0 Å². The van der Waals surface area contributed by atoms with Gasteiger partial charge in [-0.25, -0.2) is 17.6 Å². The molecule has 0 aromatic heterocycles. The van der Waals surface area contributed by atoms with Gasteiger partial charge in [-0.15, -0.1) is 0 Å². The molecule has 0 nitrogen and oxygen atoms in total. The van der Waals surface area contributed by atoms with Gasteiger partial charge in [0.1, 0.15) is 23.3 Å². The van der Waals surface area contributed by atoms with Gasteiger partial charge < -0.3 is 0 Å². The number of rotatable bonds is 2. The summed E-state index contributed by atoms with van der Waals surface area (Å²) in [6.07, 6.45) is 0. The lowest BCUT2D eigenvalue weighted by Gasteiger charge is -2.26. The second-order valence-electron chi connectivity index (χ2n) is 8.19. The van der Waals surface area contributed by atoms with Crippen LogP contribution in [0, 0.1) is 23.3 Å². The van der Waals surface area contributed by atoms with Crippen molar-refractivity contribution >= 4 is 72.9 Å². The molecule has 2 aromatic rings. The lowest BCUT2D eigenvalue weighted by molar-refractivity contribution is 0.601. The van der Waals surface area contributed by atoms with E-state index in [9.17, 15) is 17.6 Å². The van der Waals surface area contributed by atoms with Gasteiger partial charge in [-0.1, -0.05) is 85.7 Å². The Balaban J connectivity index is 0.000000330. The summed E-state index contributed by atoms with van der Waals surface area (Å²) in [5, 5.41) is -0.104. The molecular formula is C18H20Cl4F4Si2. The molecule has 0 N–H and O–H groups in total. The molecule has 0 bridgehead atoms. The Morgan fingerprint density at radius 2 is 0.821 bits per heavy atom. The zero-order valence-electron chi connectivity index (χ0n) is 16.2. The Bertz CT molecular complexity index is 767. The fraction of sp³-hybridized carbons (Fsp3) is 0.333. The summed E-state index contributed by atoms with van der Waals surface area (Å²) in [7, 11) is -4.17. The molecule has 0 heterocycles. The number of benzene rings is 2. The molecule has 156 valence electrons. The number of hydrogen-bond acceptors (Lipinski definition) is 0. The predicted octanol–water partition coefficient (Wildman–Crippen LogP) is 7.63. The standard InChI is InChI=1S/C12H18Cl2F2Si2.C6H2Cl2F2/c1-17(2,3)11-7(13)10(16)12(18(4,5)6)8(14)9(11)15;7-3-1-5(9)4(8)2-6(3)10/h1-6H3;1-2H. The van der Waals surface area contributed by atoms with E-state index in [-0.39, 0.29) is 30.5 Å². The van der Waals surface area contributed by atoms with E-state index in [1.807, 2.05) is 39.3 Å². The molecule has 0 fully saturated rings. The molecule has 28 heavy (non-hydrogen) atoms. The van der Waals surface area contributed by atoms with Crippen LogP contribution >= 0.6 is 46.4 Å². The first-order valence-electron chi connectivity index (χ1n) is 8.17. The minimum absolute atomic E-state index is 0.0755. The topological polar surface area (TPSA) is 0 Å². The largest absolute Gasteiger partial charge is 0.205 e. The molecule has 0 atom stereocenters. The Hall–Kier alpha value is -0.246. The van der Waals surface area contributed by atoms with E-state index < -0.39 is 39.4 Å². The van der Waals surface area contributed by atoms with E-state index in [0.717, 1.165) is 12.1 Å². The molecule has 2 aromatic carbocycles. The van der Waals surface area contributed by atoms with Gasteiger partial charge in [-0.2, -0.15) is 0 Å². The molecule has 0 aliphatic rings. The van der Waals surface area contributed by atoms with Crippen molar-refractivity contribution < 1.29 is 17.6 Å². The first kappa shape index (κ1) is 25.8. The third-order valence-electron chi connectivity index (χ3n) is 3.73. The maximum atomic E-state index is 14.4. The molecular weight excluding hydrogens is 490 g/mol. The summed E-state index contributed by atoms with van der Waals surface area (Å²) in [5.74, 6) is -2.49. The van der Waals surface area contributed by atoms with Gasteiger partial charge >= 0.3 is 0 Å². The molecule has 0 saturated carbocycles. The van der Waals surface area contributed by atoms with Crippen molar-refractivity contribution in [3.05, 3.63) is 55.5 Å². The summed E-state index contributed by atoms with van der Waals surface area (Å²) < 4.78 is 53.6. The van der Waals surface area contributed by atoms with Crippen LogP contribution in [0.2, 0.25) is 59.4 Å². The highest BCUT2D eigenvalue weighted by Crippen LogP contribution is 2.26. The van der Waals surface area contributed by atoms with Crippen molar-refractivity contribution in [2.24, 2.45) is 0 Å². The molecule has 0 saturated heterocycles. The SMILES string of the molecule is C[Si](C)(C)c1c(F)c(Cl)c([Si](C)(C)C)c(F)c1Cl.Fc1cc(Cl)c(F)cc1Cl. The monoisotopic (exact) mass is 508 g/mol. The fourth-order valence-electron chi connectivity index (χ4n) is 2.45. The predicted molar refractivity (Wildman–Crippen MR) is 119 cm³/mol. The highest BCUT2D eigenvalue weighted by atomic mass is 35.5. The smallest absolute Gasteiger partial charge is 0.143 e. The van der Waals surface area contributed by atoms with Crippen LogP contribution in [0.25, 0.3) is 0 Å². The maximum absolute atomic E-state index is 14.4. The molecule has 0 spiro atoms. The van der Waals surface area contributed by atoms with Gasteiger partial charge in [0.15, 0.2) is 0 Å². The van der Waals surface area contributed by atoms with Crippen molar-refractivity contribution in [2.75, 3.05) is 0 Å². The maximum Gasteiger partial charge on any atom is 0.143 e. The van der Waals surface area contributed by atoms with Crippen LogP contribution in [0.1, 0.15) is 0 Å². The van der Waals surface area contributed by atoms with E-state index in [1.54, 1.807) is 0 Å². The molecule has 0 unspecified atom stereocenters. The average Bonchev–Trinajstić information content (AvgIpc) is 2.49. The Kier molecular flexibility index (Phi) is 8.54. The summed E-state index contributed by atoms with van der Waals surface area (Å²) in [5.41, 5.74) is 0. The minimum Gasteiger partial charge on any atom is -0.205 e. The second-order valence-corrected chi connectivity index (χ2v) is 19.8. The first-order valence-corrected chi connectivity index (χ1v) is 16.7. The molecule has 10 heteroatoms. The van der Waals surface area contributed by atoms with Crippen molar-refractivity contribution in [3.8, 4) is 0 Å². The van der Waals surface area contributed by atoms with E-state index >= 15 is 0 Å². The van der Waals surface area contributed by atoms with Crippen molar-refractivity contribution in [2.45, 2.75) is 39.3 Å². The molecule has 0 aliphatic carbocycles. The van der Waals surface area contributed by atoms with Crippen LogP contribution in [0.15, 0.2) is 12.1 Å². The van der Waals surface area contributed by atoms with Crippen LogP contribution in [0.3, 0.4) is 0 Å². The summed E-state index contributed by atoms with van der Waals surface area (Å²) in [6, 6.07) is 1.67. The third-order valence-corrected chi connectivity index (χ3v) is 9.27. The third kappa shape index (κ3) is 5.89. The van der Waals surface area contributed by atoms with Crippen molar-refractivity contribution in [1.29, 1.82) is 0 Å². The van der Waals surface area contributed by atoms with Gasteiger partial charge in [0.05, 0.1) is 36.2 Å². The van der Waals surface area contributed by atoms with Crippen LogP contribution < -0.4 is 10.4 Å². The minimum atomic E-state index is -2.08. The number of hydrogen-bond donors (Lipinski definition) is 0. The fourth-order valence-corrected chi connectivity index (χ4v) is 8.07. The van der Waals surface area contributed by atoms with Gasteiger partial charge in [-0.05, 0) is 22.5 Å². The Morgan fingerprint density at radius 1 is 0.571 bits per heavy atom. The Labute approximate surface area is 184 Å². The van der Waals surface area contributed by atoms with Gasteiger partial charge in [0.25, 0.3) is 0 Å². The zero-order valence-corrected chi connectivity index (χ0v) is 21.2. The highest BCUT2D eigenvalue weighted by molar-refractivity contribution is 6.92. The summed E-state index contributed by atoms with van der Waals surface area (Å²) >= 11 is 22.5. The lowest BCUT2D eigenvalue weighted by atomic mass is 10.3. The highest BCUT2D eigenvalue weighted by Gasteiger charge is 2.34. The van der Waals surface area contributed by atoms with Crippen molar-refractivity contribution in [1.82, 2.24) is 0 Å². The lowest BCUT2D eigenvalue weighted by Crippen LogP contribution is -2.48. The van der Waals surface area contributed by atoms with Crippen LogP contribution in [-0.2, 0) is 0 Å². The molecule has 2 rings (SSSR count). The Morgan fingerprint density at radius 3 is 1.04 bits per heavy atom. The summed E-state index contributed by atoms with van der Waals surface area (Å²) in [6.45, 7) is 11.5.